The number of ether oxygens (including phenoxy) is 1. The zero-order valence-corrected chi connectivity index (χ0v) is 13.5. The molecular formula is C16H16BrNO3. The van der Waals surface area contributed by atoms with E-state index in [0.717, 1.165) is 22.3 Å². The van der Waals surface area contributed by atoms with E-state index in [1.165, 1.54) is 6.07 Å². The third kappa shape index (κ3) is 4.04. The third-order valence-electron chi connectivity index (χ3n) is 3.05. The van der Waals surface area contributed by atoms with Crippen LogP contribution in [0.2, 0.25) is 0 Å². The van der Waals surface area contributed by atoms with Crippen molar-refractivity contribution in [3.8, 4) is 5.75 Å². The molecule has 0 saturated carbocycles. The SMILES string of the molecule is Cc1cc(C)cc(COc2ccc(CBr)cc2[N+](=O)[O-])c1. The molecular weight excluding hydrogens is 334 g/mol. The lowest BCUT2D eigenvalue weighted by atomic mass is 10.1. The van der Waals surface area contributed by atoms with Crippen molar-refractivity contribution in [3.05, 3.63) is 68.8 Å². The van der Waals surface area contributed by atoms with Crippen molar-refractivity contribution in [1.29, 1.82) is 0 Å². The fraction of sp³-hybridized carbons (Fsp3) is 0.250. The second kappa shape index (κ2) is 6.72. The van der Waals surface area contributed by atoms with Crippen molar-refractivity contribution in [1.82, 2.24) is 0 Å². The van der Waals surface area contributed by atoms with Crippen LogP contribution in [0.3, 0.4) is 0 Å². The maximum atomic E-state index is 11.1. The topological polar surface area (TPSA) is 52.4 Å². The lowest BCUT2D eigenvalue weighted by Crippen LogP contribution is -2.00. The van der Waals surface area contributed by atoms with E-state index in [4.69, 9.17) is 4.74 Å². The van der Waals surface area contributed by atoms with E-state index >= 15 is 0 Å². The average molecular weight is 350 g/mol. The molecule has 0 aliphatic heterocycles. The molecule has 0 bridgehead atoms. The van der Waals surface area contributed by atoms with Gasteiger partial charge in [0.05, 0.1) is 4.92 Å². The molecule has 4 nitrogen and oxygen atoms in total. The summed E-state index contributed by atoms with van der Waals surface area (Å²) < 4.78 is 5.64. The van der Waals surface area contributed by atoms with Crippen molar-refractivity contribution in [3.63, 3.8) is 0 Å². The number of benzene rings is 2. The Kier molecular flexibility index (Phi) is 4.96. The van der Waals surface area contributed by atoms with Gasteiger partial charge in [0.1, 0.15) is 6.61 Å². The second-order valence-electron chi connectivity index (χ2n) is 4.98. The van der Waals surface area contributed by atoms with Crippen molar-refractivity contribution < 1.29 is 9.66 Å². The molecule has 0 N–H and O–H groups in total. The number of nitrogens with zero attached hydrogens (tertiary/aromatic N) is 1. The Morgan fingerprint density at radius 1 is 1.10 bits per heavy atom. The van der Waals surface area contributed by atoms with E-state index in [-0.39, 0.29) is 5.69 Å². The Bertz CT molecular complexity index is 650. The van der Waals surface area contributed by atoms with Crippen LogP contribution in [0.5, 0.6) is 5.75 Å². The molecule has 0 heterocycles. The van der Waals surface area contributed by atoms with Gasteiger partial charge in [0.2, 0.25) is 0 Å². The highest BCUT2D eigenvalue weighted by atomic mass is 79.9. The smallest absolute Gasteiger partial charge is 0.311 e. The van der Waals surface area contributed by atoms with Crippen molar-refractivity contribution in [2.24, 2.45) is 0 Å². The molecule has 0 aliphatic rings. The Balaban J connectivity index is 2.21. The van der Waals surface area contributed by atoms with Crippen LogP contribution < -0.4 is 4.74 Å². The van der Waals surface area contributed by atoms with E-state index in [2.05, 4.69) is 22.0 Å². The van der Waals surface area contributed by atoms with E-state index in [1.807, 2.05) is 32.0 Å². The molecule has 0 saturated heterocycles. The molecule has 2 rings (SSSR count). The summed E-state index contributed by atoms with van der Waals surface area (Å²) in [5, 5.41) is 11.7. The molecule has 0 amide bonds. The van der Waals surface area contributed by atoms with Gasteiger partial charge in [-0.3, -0.25) is 10.1 Å². The summed E-state index contributed by atoms with van der Waals surface area (Å²) in [5.74, 6) is 0.295. The van der Waals surface area contributed by atoms with Gasteiger partial charge < -0.3 is 4.74 Å². The van der Waals surface area contributed by atoms with Gasteiger partial charge in [0.15, 0.2) is 5.75 Å². The zero-order chi connectivity index (χ0) is 15.4. The first kappa shape index (κ1) is 15.5. The lowest BCUT2D eigenvalue weighted by molar-refractivity contribution is -0.386. The minimum absolute atomic E-state index is 0.00340. The molecule has 2 aromatic carbocycles. The number of nitro groups is 1. The summed E-state index contributed by atoms with van der Waals surface area (Å²) in [4.78, 5) is 10.7. The number of rotatable bonds is 5. The summed E-state index contributed by atoms with van der Waals surface area (Å²) in [7, 11) is 0. The number of nitro benzene ring substituents is 1. The largest absolute Gasteiger partial charge is 0.482 e. The number of halogens is 1. The Morgan fingerprint density at radius 2 is 1.76 bits per heavy atom. The maximum Gasteiger partial charge on any atom is 0.311 e. The Labute approximate surface area is 132 Å². The van der Waals surface area contributed by atoms with Crippen molar-refractivity contribution in [2.75, 3.05) is 0 Å². The number of hydrogen-bond donors (Lipinski definition) is 0. The zero-order valence-electron chi connectivity index (χ0n) is 11.9. The molecule has 0 unspecified atom stereocenters. The van der Waals surface area contributed by atoms with E-state index in [1.54, 1.807) is 6.07 Å². The fourth-order valence-corrected chi connectivity index (χ4v) is 2.57. The van der Waals surface area contributed by atoms with E-state index < -0.39 is 4.92 Å². The van der Waals surface area contributed by atoms with Gasteiger partial charge in [-0.1, -0.05) is 51.3 Å². The molecule has 0 aliphatic carbocycles. The predicted octanol–water partition coefficient (Wildman–Crippen LogP) is 4.69. The highest BCUT2D eigenvalue weighted by molar-refractivity contribution is 9.08. The molecule has 2 aromatic rings. The summed E-state index contributed by atoms with van der Waals surface area (Å²) >= 11 is 3.29. The van der Waals surface area contributed by atoms with Crippen LogP contribution in [0.15, 0.2) is 36.4 Å². The van der Waals surface area contributed by atoms with Crippen molar-refractivity contribution >= 4 is 21.6 Å². The van der Waals surface area contributed by atoms with Crippen LogP contribution in [-0.4, -0.2) is 4.92 Å². The summed E-state index contributed by atoms with van der Waals surface area (Å²) in [5.41, 5.74) is 4.15. The summed E-state index contributed by atoms with van der Waals surface area (Å²) in [6, 6.07) is 11.1. The first-order chi connectivity index (χ1) is 9.99. The van der Waals surface area contributed by atoms with Crippen LogP contribution in [0, 0.1) is 24.0 Å². The predicted molar refractivity (Wildman–Crippen MR) is 86.0 cm³/mol. The second-order valence-corrected chi connectivity index (χ2v) is 5.54. The van der Waals surface area contributed by atoms with Crippen LogP contribution in [-0.2, 0) is 11.9 Å². The normalized spacial score (nSPS) is 10.4. The van der Waals surface area contributed by atoms with Gasteiger partial charge in [-0.25, -0.2) is 0 Å². The number of alkyl halides is 1. The molecule has 0 spiro atoms. The summed E-state index contributed by atoms with van der Waals surface area (Å²) in [6.07, 6.45) is 0. The first-order valence-electron chi connectivity index (χ1n) is 6.53. The van der Waals surface area contributed by atoms with Gasteiger partial charge in [-0.15, -0.1) is 0 Å². The van der Waals surface area contributed by atoms with Crippen LogP contribution in [0.1, 0.15) is 22.3 Å². The monoisotopic (exact) mass is 349 g/mol. The third-order valence-corrected chi connectivity index (χ3v) is 3.70. The maximum absolute atomic E-state index is 11.1. The standard InChI is InChI=1S/C16H16BrNO3/c1-11-5-12(2)7-14(6-11)10-21-16-4-3-13(9-17)8-15(16)18(19)20/h3-8H,9-10H2,1-2H3. The molecule has 0 fully saturated rings. The molecule has 0 aromatic heterocycles. The fourth-order valence-electron chi connectivity index (χ4n) is 2.22. The van der Waals surface area contributed by atoms with Gasteiger partial charge in [-0.2, -0.15) is 0 Å². The molecule has 0 atom stereocenters. The van der Waals surface area contributed by atoms with Gasteiger partial charge in [0.25, 0.3) is 0 Å². The van der Waals surface area contributed by atoms with Crippen LogP contribution in [0.25, 0.3) is 0 Å². The summed E-state index contributed by atoms with van der Waals surface area (Å²) in [6.45, 7) is 4.35. The quantitative estimate of drug-likeness (QED) is 0.447. The Morgan fingerprint density at radius 3 is 2.33 bits per heavy atom. The first-order valence-corrected chi connectivity index (χ1v) is 7.65. The van der Waals surface area contributed by atoms with E-state index in [9.17, 15) is 10.1 Å². The molecule has 0 radical (unpaired) electrons. The number of aryl methyl sites for hydroxylation is 2. The van der Waals surface area contributed by atoms with Gasteiger partial charge in [0, 0.05) is 11.4 Å². The number of hydrogen-bond acceptors (Lipinski definition) is 3. The highest BCUT2D eigenvalue weighted by Crippen LogP contribution is 2.29. The van der Waals surface area contributed by atoms with Gasteiger partial charge >= 0.3 is 5.69 Å². The molecule has 5 heteroatoms. The molecule has 110 valence electrons. The average Bonchev–Trinajstić information content (AvgIpc) is 2.43. The van der Waals surface area contributed by atoms with Crippen molar-refractivity contribution in [2.45, 2.75) is 25.8 Å². The Hall–Kier alpha value is -1.88. The van der Waals surface area contributed by atoms with Gasteiger partial charge in [-0.05, 0) is 31.0 Å². The van der Waals surface area contributed by atoms with Crippen LogP contribution in [0.4, 0.5) is 5.69 Å². The minimum Gasteiger partial charge on any atom is -0.482 e. The highest BCUT2D eigenvalue weighted by Gasteiger charge is 2.16. The minimum atomic E-state index is -0.414. The van der Waals surface area contributed by atoms with E-state index in [0.29, 0.717) is 17.7 Å². The van der Waals surface area contributed by atoms with Crippen LogP contribution >= 0.6 is 15.9 Å². The lowest BCUT2D eigenvalue weighted by Gasteiger charge is -2.09. The molecule has 21 heavy (non-hydrogen) atoms.